The summed E-state index contributed by atoms with van der Waals surface area (Å²) < 4.78 is 22.6. The second-order valence-electron chi connectivity index (χ2n) is 3.42. The third-order valence-corrected chi connectivity index (χ3v) is 3.80. The Morgan fingerprint density at radius 2 is 1.69 bits per heavy atom. The highest BCUT2D eigenvalue weighted by Crippen LogP contribution is 2.48. The molecule has 96 valence electrons. The van der Waals surface area contributed by atoms with Gasteiger partial charge in [0, 0.05) is 13.5 Å². The number of carbonyl (C=O) groups is 1. The van der Waals surface area contributed by atoms with E-state index in [9.17, 15) is 9.36 Å². The van der Waals surface area contributed by atoms with Gasteiger partial charge in [-0.1, -0.05) is 13.8 Å². The molecule has 0 spiro atoms. The molecular weight excluding hydrogens is 229 g/mol. The lowest BCUT2D eigenvalue weighted by molar-refractivity contribution is -0.120. The lowest BCUT2D eigenvalue weighted by Crippen LogP contribution is -2.19. The van der Waals surface area contributed by atoms with Gasteiger partial charge in [0.1, 0.15) is 0 Å². The molecule has 0 aliphatic carbocycles. The van der Waals surface area contributed by atoms with Gasteiger partial charge in [-0.2, -0.15) is 0 Å². The standard InChI is InChI=1S/C10H22NO4P/c1-4-7-14-16(13,15-8-5-2)9-6-10(12)11-3/h4-9H2,1-3H3,(H,11,12). The maximum Gasteiger partial charge on any atom is 0.331 e. The van der Waals surface area contributed by atoms with Gasteiger partial charge < -0.3 is 14.4 Å². The van der Waals surface area contributed by atoms with Crippen LogP contribution in [0.3, 0.4) is 0 Å². The van der Waals surface area contributed by atoms with E-state index in [4.69, 9.17) is 9.05 Å². The van der Waals surface area contributed by atoms with Gasteiger partial charge >= 0.3 is 7.60 Å². The quantitative estimate of drug-likeness (QED) is 0.638. The van der Waals surface area contributed by atoms with Gasteiger partial charge in [-0.05, 0) is 12.8 Å². The van der Waals surface area contributed by atoms with Crippen molar-refractivity contribution in [1.29, 1.82) is 0 Å². The molecule has 0 aromatic carbocycles. The van der Waals surface area contributed by atoms with E-state index in [0.29, 0.717) is 13.2 Å². The third kappa shape index (κ3) is 6.99. The largest absolute Gasteiger partial charge is 0.359 e. The number of nitrogens with one attached hydrogen (secondary N) is 1. The fourth-order valence-electron chi connectivity index (χ4n) is 0.991. The first-order valence-electron chi connectivity index (χ1n) is 5.66. The molecule has 1 amide bonds. The Labute approximate surface area is 97.4 Å². The van der Waals surface area contributed by atoms with Crippen LogP contribution in [0.5, 0.6) is 0 Å². The first-order chi connectivity index (χ1) is 7.58. The van der Waals surface area contributed by atoms with Gasteiger partial charge in [-0.25, -0.2) is 0 Å². The van der Waals surface area contributed by atoms with E-state index < -0.39 is 7.60 Å². The molecule has 5 nitrogen and oxygen atoms in total. The van der Waals surface area contributed by atoms with E-state index in [0.717, 1.165) is 12.8 Å². The van der Waals surface area contributed by atoms with Crippen LogP contribution in [-0.2, 0) is 18.4 Å². The van der Waals surface area contributed by atoms with E-state index in [1.54, 1.807) is 7.05 Å². The van der Waals surface area contributed by atoms with Crippen LogP contribution in [0, 0.1) is 0 Å². The van der Waals surface area contributed by atoms with E-state index in [1.165, 1.54) is 0 Å². The Bertz CT molecular complexity index is 233. The van der Waals surface area contributed by atoms with Crippen molar-refractivity contribution in [2.24, 2.45) is 0 Å². The molecule has 0 radical (unpaired) electrons. The Morgan fingerprint density at radius 3 is 2.06 bits per heavy atom. The summed E-state index contributed by atoms with van der Waals surface area (Å²) in [6.07, 6.45) is 1.87. The molecule has 1 N–H and O–H groups in total. The first-order valence-corrected chi connectivity index (χ1v) is 7.39. The van der Waals surface area contributed by atoms with Crippen molar-refractivity contribution in [1.82, 2.24) is 5.32 Å². The summed E-state index contributed by atoms with van der Waals surface area (Å²) >= 11 is 0. The maximum absolute atomic E-state index is 12.1. The normalized spacial score (nSPS) is 11.4. The van der Waals surface area contributed by atoms with Crippen molar-refractivity contribution in [3.8, 4) is 0 Å². The zero-order valence-electron chi connectivity index (χ0n) is 10.3. The summed E-state index contributed by atoms with van der Waals surface area (Å²) in [7, 11) is -1.53. The van der Waals surface area contributed by atoms with Crippen molar-refractivity contribution in [2.75, 3.05) is 26.4 Å². The predicted octanol–water partition coefficient (Wildman–Crippen LogP) is 2.17. The molecule has 16 heavy (non-hydrogen) atoms. The summed E-state index contributed by atoms with van der Waals surface area (Å²) in [4.78, 5) is 11.1. The summed E-state index contributed by atoms with van der Waals surface area (Å²) in [5.74, 6) is -0.152. The molecule has 0 atom stereocenters. The molecule has 0 bridgehead atoms. The van der Waals surface area contributed by atoms with Gasteiger partial charge in [-0.15, -0.1) is 0 Å². The average Bonchev–Trinajstić information content (AvgIpc) is 2.31. The van der Waals surface area contributed by atoms with Gasteiger partial charge in [0.15, 0.2) is 0 Å². The first kappa shape index (κ1) is 15.6. The van der Waals surface area contributed by atoms with Gasteiger partial charge in [0.2, 0.25) is 5.91 Å². The van der Waals surface area contributed by atoms with E-state index in [1.807, 2.05) is 13.8 Å². The zero-order valence-corrected chi connectivity index (χ0v) is 11.2. The van der Waals surface area contributed by atoms with Crippen LogP contribution in [0.2, 0.25) is 0 Å². The molecule has 0 fully saturated rings. The Balaban J connectivity index is 4.17. The van der Waals surface area contributed by atoms with Crippen LogP contribution >= 0.6 is 7.60 Å². The van der Waals surface area contributed by atoms with E-state index >= 15 is 0 Å². The smallest absolute Gasteiger partial charge is 0.331 e. The Kier molecular flexibility index (Phi) is 8.53. The topological polar surface area (TPSA) is 64.6 Å². The zero-order chi connectivity index (χ0) is 12.4. The lowest BCUT2D eigenvalue weighted by Gasteiger charge is -2.17. The van der Waals surface area contributed by atoms with Crippen molar-refractivity contribution >= 4 is 13.5 Å². The van der Waals surface area contributed by atoms with Crippen molar-refractivity contribution in [3.05, 3.63) is 0 Å². The van der Waals surface area contributed by atoms with Crippen molar-refractivity contribution in [2.45, 2.75) is 33.1 Å². The number of hydrogen-bond acceptors (Lipinski definition) is 4. The molecule has 0 aromatic rings. The highest BCUT2D eigenvalue weighted by atomic mass is 31.2. The number of amides is 1. The molecule has 0 aliphatic rings. The second kappa shape index (κ2) is 8.74. The average molecular weight is 251 g/mol. The monoisotopic (exact) mass is 251 g/mol. The summed E-state index contributed by atoms with van der Waals surface area (Å²) in [6, 6.07) is 0. The fraction of sp³-hybridized carbons (Fsp3) is 0.900. The molecule has 0 aromatic heterocycles. The minimum Gasteiger partial charge on any atom is -0.359 e. The van der Waals surface area contributed by atoms with E-state index in [2.05, 4.69) is 5.32 Å². The van der Waals surface area contributed by atoms with Crippen LogP contribution in [0.15, 0.2) is 0 Å². The van der Waals surface area contributed by atoms with Crippen LogP contribution in [0.25, 0.3) is 0 Å². The molecular formula is C10H22NO4P. The van der Waals surface area contributed by atoms with Gasteiger partial charge in [0.05, 0.1) is 19.4 Å². The third-order valence-electron chi connectivity index (χ3n) is 1.88. The SMILES string of the molecule is CCCOP(=O)(CCC(=O)NC)OCCC. The minimum absolute atomic E-state index is 0.146. The number of carbonyl (C=O) groups excluding carboxylic acids is 1. The molecule has 0 unspecified atom stereocenters. The molecule has 0 saturated carbocycles. The molecule has 6 heteroatoms. The second-order valence-corrected chi connectivity index (χ2v) is 5.61. The van der Waals surface area contributed by atoms with Crippen LogP contribution < -0.4 is 5.32 Å². The Hall–Kier alpha value is -0.380. The maximum atomic E-state index is 12.1. The Morgan fingerprint density at radius 1 is 1.19 bits per heavy atom. The van der Waals surface area contributed by atoms with Gasteiger partial charge in [-0.3, -0.25) is 9.36 Å². The summed E-state index contributed by atoms with van der Waals surface area (Å²) in [5, 5.41) is 2.48. The van der Waals surface area contributed by atoms with E-state index in [-0.39, 0.29) is 18.5 Å². The lowest BCUT2D eigenvalue weighted by atomic mass is 10.5. The van der Waals surface area contributed by atoms with Crippen LogP contribution in [-0.4, -0.2) is 32.3 Å². The minimum atomic E-state index is -3.08. The highest BCUT2D eigenvalue weighted by molar-refractivity contribution is 7.53. The summed E-state index contributed by atoms with van der Waals surface area (Å²) in [6.45, 7) is 4.66. The molecule has 0 rings (SSSR count). The van der Waals surface area contributed by atoms with Gasteiger partial charge in [0.25, 0.3) is 0 Å². The molecule has 0 aliphatic heterocycles. The molecule has 0 saturated heterocycles. The van der Waals surface area contributed by atoms with Crippen LogP contribution in [0.4, 0.5) is 0 Å². The van der Waals surface area contributed by atoms with Crippen molar-refractivity contribution in [3.63, 3.8) is 0 Å². The van der Waals surface area contributed by atoms with Crippen molar-refractivity contribution < 1.29 is 18.4 Å². The number of rotatable bonds is 9. The fourth-order valence-corrected chi connectivity index (χ4v) is 2.72. The predicted molar refractivity (Wildman–Crippen MR) is 63.6 cm³/mol. The molecule has 0 heterocycles. The number of hydrogen-bond donors (Lipinski definition) is 1. The van der Waals surface area contributed by atoms with Crippen LogP contribution in [0.1, 0.15) is 33.1 Å². The summed E-state index contributed by atoms with van der Waals surface area (Å²) in [5.41, 5.74) is 0. The highest BCUT2D eigenvalue weighted by Gasteiger charge is 2.24.